The van der Waals surface area contributed by atoms with E-state index in [0.29, 0.717) is 23.9 Å². The highest BCUT2D eigenvalue weighted by molar-refractivity contribution is 7.45. The molecule has 0 radical (unpaired) electrons. The number of nitrogens with zero attached hydrogens (tertiary/aromatic N) is 1. The van der Waals surface area contributed by atoms with E-state index in [0.717, 1.165) is 70.6 Å². The summed E-state index contributed by atoms with van der Waals surface area (Å²) in [6, 6.07) is -0.920. The molecule has 9 nitrogen and oxygen atoms in total. The van der Waals surface area contributed by atoms with E-state index in [1.807, 2.05) is 39.4 Å². The number of hydrogen-bond acceptors (Lipinski definition) is 7. The molecule has 0 saturated carbocycles. The number of phosphoric acid groups is 1. The SMILES string of the molecule is CC/C=C/C/C=C/CCCCCCCCCC(=O)OC(/C=C/CCCCCCCCCCCC)C(COP(=O)([O-])OCC[N+](C)(C)C)NC(=O)CC/C=C/C/C=C\CCCCCCCC. The number of esters is 1. The normalized spacial score (nSPS) is 14.4. The Morgan fingerprint density at radius 2 is 1.00 bits per heavy atom. The minimum absolute atomic E-state index is 0.0341. The molecule has 0 aliphatic heterocycles. The number of allylic oxidation sites excluding steroid dienone is 9. The molecule has 0 aromatic heterocycles. The standard InChI is InChI=1S/C55H101N2O7P/c1-7-10-13-16-19-22-25-28-30-33-36-39-42-45-48-55(59)64-53(46-43-40-37-34-31-27-24-21-18-15-12-9-3)52(51-63-65(60,61)62-50-49-57(4,5)6)56-54(58)47-44-41-38-35-32-29-26-23-20-17-14-11-8-2/h10,13,19,22,29,32,38,41,43,46,52-53H,7-9,11-12,14-18,20-21,23-28,30-31,33-37,39-40,42,44-45,47-51H2,1-6H3,(H-,56,58,60,61)/b13-10+,22-19+,32-29-,41-38+,46-43+. The van der Waals surface area contributed by atoms with Gasteiger partial charge in [0.05, 0.1) is 33.8 Å². The van der Waals surface area contributed by atoms with Crippen molar-refractivity contribution in [2.75, 3.05) is 40.9 Å². The molecule has 0 aromatic carbocycles. The fourth-order valence-corrected chi connectivity index (χ4v) is 8.04. The van der Waals surface area contributed by atoms with Crippen LogP contribution in [0.3, 0.4) is 0 Å². The van der Waals surface area contributed by atoms with Crippen LogP contribution >= 0.6 is 7.82 Å². The number of quaternary nitrogens is 1. The molecular formula is C55H101N2O7P. The fraction of sp³-hybridized carbons (Fsp3) is 0.782. The van der Waals surface area contributed by atoms with Gasteiger partial charge in [0.25, 0.3) is 7.82 Å². The van der Waals surface area contributed by atoms with Gasteiger partial charge in [-0.05, 0) is 76.7 Å². The van der Waals surface area contributed by atoms with Gasteiger partial charge in [0.15, 0.2) is 0 Å². The number of hydrogen-bond donors (Lipinski definition) is 1. The van der Waals surface area contributed by atoms with Crippen molar-refractivity contribution in [1.29, 1.82) is 0 Å². The summed E-state index contributed by atoms with van der Waals surface area (Å²) in [4.78, 5) is 39.6. The van der Waals surface area contributed by atoms with Crippen molar-refractivity contribution in [3.63, 3.8) is 0 Å². The zero-order valence-corrected chi connectivity index (χ0v) is 43.8. The topological polar surface area (TPSA) is 114 Å². The lowest BCUT2D eigenvalue weighted by atomic mass is 10.1. The Bertz CT molecular complexity index is 1300. The monoisotopic (exact) mass is 933 g/mol. The van der Waals surface area contributed by atoms with Crippen LogP contribution in [0.4, 0.5) is 0 Å². The Labute approximate surface area is 401 Å². The van der Waals surface area contributed by atoms with Crippen molar-refractivity contribution in [3.05, 3.63) is 60.8 Å². The van der Waals surface area contributed by atoms with Gasteiger partial charge in [0.2, 0.25) is 5.91 Å². The Morgan fingerprint density at radius 1 is 0.554 bits per heavy atom. The molecule has 0 aliphatic rings. The van der Waals surface area contributed by atoms with E-state index < -0.39 is 26.6 Å². The number of amides is 1. The van der Waals surface area contributed by atoms with E-state index >= 15 is 0 Å². The summed E-state index contributed by atoms with van der Waals surface area (Å²) < 4.78 is 30.1. The minimum Gasteiger partial charge on any atom is -0.756 e. The van der Waals surface area contributed by atoms with Gasteiger partial charge in [0, 0.05) is 12.8 Å². The fourth-order valence-electron chi connectivity index (χ4n) is 7.31. The molecule has 378 valence electrons. The summed E-state index contributed by atoms with van der Waals surface area (Å²) >= 11 is 0. The number of rotatable bonds is 47. The number of carbonyl (C=O) groups excluding carboxylic acids is 2. The van der Waals surface area contributed by atoms with Gasteiger partial charge in [-0.1, -0.05) is 197 Å². The average molecular weight is 933 g/mol. The van der Waals surface area contributed by atoms with E-state index in [9.17, 15) is 19.0 Å². The summed E-state index contributed by atoms with van der Waals surface area (Å²) in [7, 11) is 1.14. The lowest BCUT2D eigenvalue weighted by Gasteiger charge is -2.30. The number of likely N-dealkylation sites (N-methyl/N-ethyl adjacent to an activating group) is 1. The lowest BCUT2D eigenvalue weighted by Crippen LogP contribution is -2.47. The maximum atomic E-state index is 13.4. The van der Waals surface area contributed by atoms with Gasteiger partial charge >= 0.3 is 5.97 Å². The Hall–Kier alpha value is -2.29. The molecule has 3 unspecified atom stereocenters. The summed E-state index contributed by atoms with van der Waals surface area (Å²) in [5.74, 6) is -0.631. The summed E-state index contributed by atoms with van der Waals surface area (Å²) in [6.45, 7) is 6.66. The average Bonchev–Trinajstić information content (AvgIpc) is 3.26. The van der Waals surface area contributed by atoms with Crippen molar-refractivity contribution in [1.82, 2.24) is 5.32 Å². The second-order valence-electron chi connectivity index (χ2n) is 19.0. The number of unbranched alkanes of at least 4 members (excludes halogenated alkanes) is 23. The van der Waals surface area contributed by atoms with E-state index in [-0.39, 0.29) is 31.3 Å². The molecule has 0 saturated heterocycles. The van der Waals surface area contributed by atoms with Crippen LogP contribution in [0.25, 0.3) is 0 Å². The van der Waals surface area contributed by atoms with E-state index in [1.54, 1.807) is 0 Å². The maximum absolute atomic E-state index is 13.4. The smallest absolute Gasteiger partial charge is 0.306 e. The van der Waals surface area contributed by atoms with Crippen LogP contribution in [0, 0.1) is 0 Å². The number of ether oxygens (including phenoxy) is 1. The molecule has 0 aromatic rings. The molecule has 0 rings (SSSR count). The van der Waals surface area contributed by atoms with Crippen LogP contribution < -0.4 is 10.2 Å². The first-order chi connectivity index (χ1) is 31.4. The van der Waals surface area contributed by atoms with Crippen molar-refractivity contribution >= 4 is 19.7 Å². The van der Waals surface area contributed by atoms with Crippen LogP contribution in [0.15, 0.2) is 60.8 Å². The second kappa shape index (κ2) is 45.5. The molecule has 65 heavy (non-hydrogen) atoms. The second-order valence-corrected chi connectivity index (χ2v) is 20.4. The van der Waals surface area contributed by atoms with Crippen molar-refractivity contribution in [2.45, 2.75) is 238 Å². The maximum Gasteiger partial charge on any atom is 0.306 e. The van der Waals surface area contributed by atoms with Crippen molar-refractivity contribution in [2.24, 2.45) is 0 Å². The predicted octanol–water partition coefficient (Wildman–Crippen LogP) is 14.9. The number of carbonyl (C=O) groups is 2. The number of phosphoric ester groups is 1. The van der Waals surface area contributed by atoms with E-state index in [1.165, 1.54) is 109 Å². The van der Waals surface area contributed by atoms with Crippen molar-refractivity contribution in [3.8, 4) is 0 Å². The zero-order chi connectivity index (χ0) is 48.0. The molecule has 0 aliphatic carbocycles. The molecule has 10 heteroatoms. The van der Waals surface area contributed by atoms with Crippen LogP contribution in [0.2, 0.25) is 0 Å². The summed E-state index contributed by atoms with van der Waals surface area (Å²) in [5, 5.41) is 2.97. The molecule has 0 spiro atoms. The van der Waals surface area contributed by atoms with Gasteiger partial charge in [-0.2, -0.15) is 0 Å². The zero-order valence-electron chi connectivity index (χ0n) is 42.9. The molecule has 1 N–H and O–H groups in total. The minimum atomic E-state index is -4.70. The highest BCUT2D eigenvalue weighted by Crippen LogP contribution is 2.38. The molecular weight excluding hydrogens is 832 g/mol. The Morgan fingerprint density at radius 3 is 1.49 bits per heavy atom. The molecule has 1 amide bonds. The molecule has 0 fully saturated rings. The van der Waals surface area contributed by atoms with Gasteiger partial charge in [-0.3, -0.25) is 14.2 Å². The molecule has 3 atom stereocenters. The summed E-state index contributed by atoms with van der Waals surface area (Å²) in [5.41, 5.74) is 0. The van der Waals surface area contributed by atoms with E-state index in [4.69, 9.17) is 13.8 Å². The largest absolute Gasteiger partial charge is 0.756 e. The number of nitrogens with one attached hydrogen (secondary N) is 1. The molecule has 0 bridgehead atoms. The third-order valence-electron chi connectivity index (χ3n) is 11.4. The van der Waals surface area contributed by atoms with Gasteiger partial charge < -0.3 is 28.5 Å². The van der Waals surface area contributed by atoms with Crippen LogP contribution in [-0.2, 0) is 27.9 Å². The van der Waals surface area contributed by atoms with Gasteiger partial charge in [0.1, 0.15) is 19.3 Å². The molecule has 0 heterocycles. The van der Waals surface area contributed by atoms with Crippen molar-refractivity contribution < 1.29 is 37.3 Å². The first-order valence-corrected chi connectivity index (χ1v) is 28.1. The van der Waals surface area contributed by atoms with Crippen LogP contribution in [0.5, 0.6) is 0 Å². The van der Waals surface area contributed by atoms with Gasteiger partial charge in [-0.25, -0.2) is 0 Å². The van der Waals surface area contributed by atoms with E-state index in [2.05, 4.69) is 68.6 Å². The highest BCUT2D eigenvalue weighted by atomic mass is 31.2. The summed E-state index contributed by atoms with van der Waals surface area (Å²) in [6.07, 6.45) is 54.9. The Kier molecular flexibility index (Phi) is 43.9. The van der Waals surface area contributed by atoms with Crippen LogP contribution in [0.1, 0.15) is 226 Å². The quantitative estimate of drug-likeness (QED) is 0.0212. The first-order valence-electron chi connectivity index (χ1n) is 26.6. The predicted molar refractivity (Wildman–Crippen MR) is 275 cm³/mol. The lowest BCUT2D eigenvalue weighted by molar-refractivity contribution is -0.870. The highest BCUT2D eigenvalue weighted by Gasteiger charge is 2.27. The van der Waals surface area contributed by atoms with Gasteiger partial charge in [-0.15, -0.1) is 0 Å². The van der Waals surface area contributed by atoms with Crippen LogP contribution in [-0.4, -0.2) is 69.4 Å². The Balaban J connectivity index is 5.50. The third kappa shape index (κ3) is 46.6. The third-order valence-corrected chi connectivity index (χ3v) is 12.4. The first kappa shape index (κ1) is 62.7.